The number of carbonyl (C=O) groups excluding carboxylic acids is 2. The summed E-state index contributed by atoms with van der Waals surface area (Å²) in [6.45, 7) is 2.03. The maximum Gasteiger partial charge on any atom is 0.248 e. The standard InChI is InChI=1S/C14H18N6O2.ClH/c1-10(15)13(22)18-14-17-9-20(19-14)8-12(21)16-7-11-5-3-2-4-6-11;/h2-6,9-10H,7-8,15H2,1H3,(H,16,21)(H,18,19,22);1H/t10-;/m0./s1. The average molecular weight is 339 g/mol. The number of rotatable bonds is 6. The summed E-state index contributed by atoms with van der Waals surface area (Å²) in [4.78, 5) is 27.1. The number of aromatic nitrogens is 3. The maximum atomic E-state index is 11.8. The summed E-state index contributed by atoms with van der Waals surface area (Å²) >= 11 is 0. The molecule has 124 valence electrons. The Hall–Kier alpha value is -2.45. The van der Waals surface area contributed by atoms with Gasteiger partial charge in [0.25, 0.3) is 0 Å². The number of nitrogens with two attached hydrogens (primary N) is 1. The molecule has 0 aliphatic heterocycles. The lowest BCUT2D eigenvalue weighted by atomic mass is 10.2. The van der Waals surface area contributed by atoms with Crippen molar-refractivity contribution in [3.63, 3.8) is 0 Å². The Balaban J connectivity index is 0.00000264. The van der Waals surface area contributed by atoms with Crippen molar-refractivity contribution in [1.82, 2.24) is 20.1 Å². The van der Waals surface area contributed by atoms with Crippen molar-refractivity contribution in [2.75, 3.05) is 5.32 Å². The van der Waals surface area contributed by atoms with Gasteiger partial charge >= 0.3 is 0 Å². The molecule has 0 saturated carbocycles. The van der Waals surface area contributed by atoms with Gasteiger partial charge in [-0.3, -0.25) is 14.9 Å². The minimum atomic E-state index is -0.652. The van der Waals surface area contributed by atoms with Crippen LogP contribution in [-0.4, -0.2) is 32.6 Å². The van der Waals surface area contributed by atoms with Crippen LogP contribution in [0.15, 0.2) is 36.7 Å². The van der Waals surface area contributed by atoms with E-state index in [0.29, 0.717) is 6.54 Å². The fourth-order valence-electron chi connectivity index (χ4n) is 1.65. The zero-order chi connectivity index (χ0) is 15.9. The summed E-state index contributed by atoms with van der Waals surface area (Å²) in [5, 5.41) is 9.22. The molecule has 0 unspecified atom stereocenters. The normalized spacial score (nSPS) is 11.2. The monoisotopic (exact) mass is 338 g/mol. The molecular weight excluding hydrogens is 320 g/mol. The van der Waals surface area contributed by atoms with Crippen LogP contribution >= 0.6 is 12.4 Å². The molecule has 0 radical (unpaired) electrons. The fraction of sp³-hybridized carbons (Fsp3) is 0.286. The van der Waals surface area contributed by atoms with Gasteiger partial charge in [0.2, 0.25) is 17.8 Å². The van der Waals surface area contributed by atoms with Crippen LogP contribution < -0.4 is 16.4 Å². The Kier molecular flexibility index (Phi) is 7.17. The largest absolute Gasteiger partial charge is 0.350 e. The number of amides is 2. The third kappa shape index (κ3) is 6.05. The molecule has 2 rings (SSSR count). The fourth-order valence-corrected chi connectivity index (χ4v) is 1.65. The predicted molar refractivity (Wildman–Crippen MR) is 87.8 cm³/mol. The number of nitrogens with one attached hydrogen (secondary N) is 2. The van der Waals surface area contributed by atoms with Crippen molar-refractivity contribution in [3.8, 4) is 0 Å². The van der Waals surface area contributed by atoms with Crippen LogP contribution in [-0.2, 0) is 22.7 Å². The van der Waals surface area contributed by atoms with Gasteiger partial charge in [0, 0.05) is 6.54 Å². The van der Waals surface area contributed by atoms with E-state index in [0.717, 1.165) is 5.56 Å². The Morgan fingerprint density at radius 1 is 1.30 bits per heavy atom. The molecule has 4 N–H and O–H groups in total. The molecule has 1 heterocycles. The molecule has 1 atom stereocenters. The van der Waals surface area contributed by atoms with Crippen molar-refractivity contribution >= 4 is 30.2 Å². The number of hydrogen-bond donors (Lipinski definition) is 3. The number of benzene rings is 1. The molecule has 0 aliphatic rings. The summed E-state index contributed by atoms with van der Waals surface area (Å²) < 4.78 is 1.34. The van der Waals surface area contributed by atoms with Crippen LogP contribution in [0.5, 0.6) is 0 Å². The molecule has 0 saturated heterocycles. The van der Waals surface area contributed by atoms with Gasteiger partial charge < -0.3 is 11.1 Å². The topological polar surface area (TPSA) is 115 Å². The van der Waals surface area contributed by atoms with Crippen molar-refractivity contribution in [2.24, 2.45) is 5.73 Å². The number of anilines is 1. The van der Waals surface area contributed by atoms with Crippen LogP contribution in [0.4, 0.5) is 5.95 Å². The summed E-state index contributed by atoms with van der Waals surface area (Å²) in [5.74, 6) is -0.455. The molecule has 8 nitrogen and oxygen atoms in total. The Morgan fingerprint density at radius 2 is 2.00 bits per heavy atom. The van der Waals surface area contributed by atoms with Crippen LogP contribution in [0, 0.1) is 0 Å². The van der Waals surface area contributed by atoms with Gasteiger partial charge in [-0.05, 0) is 12.5 Å². The molecule has 23 heavy (non-hydrogen) atoms. The molecule has 1 aromatic heterocycles. The quantitative estimate of drug-likeness (QED) is 0.700. The number of carbonyl (C=O) groups is 2. The SMILES string of the molecule is C[C@H](N)C(=O)Nc1ncn(CC(=O)NCc2ccccc2)n1.Cl. The van der Waals surface area contributed by atoms with E-state index in [-0.39, 0.29) is 36.7 Å². The van der Waals surface area contributed by atoms with Gasteiger partial charge in [0.15, 0.2) is 0 Å². The minimum absolute atomic E-state index is 0. The highest BCUT2D eigenvalue weighted by atomic mass is 35.5. The predicted octanol–water partition coefficient (Wildman–Crippen LogP) is 0.302. The lowest BCUT2D eigenvalue weighted by Crippen LogP contribution is -2.33. The van der Waals surface area contributed by atoms with E-state index in [1.165, 1.54) is 11.0 Å². The summed E-state index contributed by atoms with van der Waals surface area (Å²) in [6.07, 6.45) is 1.37. The van der Waals surface area contributed by atoms with E-state index in [1.54, 1.807) is 6.92 Å². The first-order valence-electron chi connectivity index (χ1n) is 6.81. The van der Waals surface area contributed by atoms with E-state index in [1.807, 2.05) is 30.3 Å². The average Bonchev–Trinajstić information content (AvgIpc) is 2.93. The highest BCUT2D eigenvalue weighted by Crippen LogP contribution is 1.99. The van der Waals surface area contributed by atoms with Crippen molar-refractivity contribution in [1.29, 1.82) is 0 Å². The van der Waals surface area contributed by atoms with Gasteiger partial charge in [0.05, 0.1) is 6.04 Å². The molecule has 0 spiro atoms. The number of hydrogen-bond acceptors (Lipinski definition) is 5. The number of nitrogens with zero attached hydrogens (tertiary/aromatic N) is 3. The van der Waals surface area contributed by atoms with Crippen LogP contribution in [0.2, 0.25) is 0 Å². The second kappa shape index (κ2) is 8.86. The summed E-state index contributed by atoms with van der Waals surface area (Å²) in [7, 11) is 0. The van der Waals surface area contributed by atoms with Crippen LogP contribution in [0.1, 0.15) is 12.5 Å². The molecule has 9 heteroatoms. The first-order valence-corrected chi connectivity index (χ1v) is 6.81. The highest BCUT2D eigenvalue weighted by Gasteiger charge is 2.11. The lowest BCUT2D eigenvalue weighted by Gasteiger charge is -2.05. The summed E-state index contributed by atoms with van der Waals surface area (Å²) in [6, 6.07) is 8.94. The molecule has 0 fully saturated rings. The second-order valence-electron chi connectivity index (χ2n) is 4.81. The molecule has 2 amide bonds. The molecule has 2 aromatic rings. The van der Waals surface area contributed by atoms with Crippen molar-refractivity contribution in [3.05, 3.63) is 42.2 Å². The van der Waals surface area contributed by atoms with Gasteiger partial charge in [-0.25, -0.2) is 9.67 Å². The van der Waals surface area contributed by atoms with E-state index < -0.39 is 6.04 Å². The van der Waals surface area contributed by atoms with Crippen molar-refractivity contribution < 1.29 is 9.59 Å². The van der Waals surface area contributed by atoms with E-state index in [4.69, 9.17) is 5.73 Å². The molecule has 0 bridgehead atoms. The van der Waals surface area contributed by atoms with Crippen LogP contribution in [0.25, 0.3) is 0 Å². The van der Waals surface area contributed by atoms with E-state index >= 15 is 0 Å². The molecular formula is C14H19ClN6O2. The van der Waals surface area contributed by atoms with Crippen molar-refractivity contribution in [2.45, 2.75) is 26.1 Å². The van der Waals surface area contributed by atoms with Gasteiger partial charge in [-0.1, -0.05) is 30.3 Å². The zero-order valence-electron chi connectivity index (χ0n) is 12.6. The third-order valence-electron chi connectivity index (χ3n) is 2.82. The van der Waals surface area contributed by atoms with Gasteiger partial charge in [-0.2, -0.15) is 0 Å². The smallest absolute Gasteiger partial charge is 0.248 e. The molecule has 0 aliphatic carbocycles. The lowest BCUT2D eigenvalue weighted by molar-refractivity contribution is -0.122. The molecule has 1 aromatic carbocycles. The van der Waals surface area contributed by atoms with Gasteiger partial charge in [-0.15, -0.1) is 17.5 Å². The van der Waals surface area contributed by atoms with E-state index in [9.17, 15) is 9.59 Å². The van der Waals surface area contributed by atoms with Crippen LogP contribution in [0.3, 0.4) is 0 Å². The Labute approximate surface area is 139 Å². The Bertz CT molecular complexity index is 644. The van der Waals surface area contributed by atoms with E-state index in [2.05, 4.69) is 20.7 Å². The Morgan fingerprint density at radius 3 is 2.65 bits per heavy atom. The number of halogens is 1. The first-order chi connectivity index (χ1) is 10.5. The summed E-state index contributed by atoms with van der Waals surface area (Å²) in [5.41, 5.74) is 6.44. The van der Waals surface area contributed by atoms with Gasteiger partial charge in [0.1, 0.15) is 12.9 Å². The first kappa shape index (κ1) is 18.6. The second-order valence-corrected chi connectivity index (χ2v) is 4.81. The zero-order valence-corrected chi connectivity index (χ0v) is 13.4. The maximum absolute atomic E-state index is 11.8. The third-order valence-corrected chi connectivity index (χ3v) is 2.82. The highest BCUT2D eigenvalue weighted by molar-refractivity contribution is 5.92. The minimum Gasteiger partial charge on any atom is -0.350 e.